The second-order valence-corrected chi connectivity index (χ2v) is 5.54. The highest BCUT2D eigenvalue weighted by molar-refractivity contribution is 5.85. The lowest BCUT2D eigenvalue weighted by Crippen LogP contribution is -2.38. The molecule has 0 aliphatic carbocycles. The van der Waals surface area contributed by atoms with Crippen LogP contribution in [0.25, 0.3) is 0 Å². The minimum absolute atomic E-state index is 0. The van der Waals surface area contributed by atoms with Gasteiger partial charge in [0.05, 0.1) is 0 Å². The van der Waals surface area contributed by atoms with E-state index in [2.05, 4.69) is 10.6 Å². The van der Waals surface area contributed by atoms with Crippen LogP contribution in [0.1, 0.15) is 18.4 Å². The molecule has 2 aliphatic heterocycles. The lowest BCUT2D eigenvalue weighted by atomic mass is 9.97. The quantitative estimate of drug-likeness (QED) is 0.881. The predicted octanol–water partition coefficient (Wildman–Crippen LogP) is 1.54. The molecule has 5 nitrogen and oxygen atoms in total. The summed E-state index contributed by atoms with van der Waals surface area (Å²) < 4.78 is 11.1. The molecular formula is C16H23ClN2O3. The van der Waals surface area contributed by atoms with Gasteiger partial charge in [0.25, 0.3) is 0 Å². The van der Waals surface area contributed by atoms with E-state index in [0.29, 0.717) is 19.8 Å². The third-order valence-corrected chi connectivity index (χ3v) is 4.03. The summed E-state index contributed by atoms with van der Waals surface area (Å²) >= 11 is 0. The van der Waals surface area contributed by atoms with Crippen molar-refractivity contribution in [3.8, 4) is 11.5 Å². The van der Waals surface area contributed by atoms with Crippen LogP contribution in [0.4, 0.5) is 0 Å². The molecule has 1 fully saturated rings. The van der Waals surface area contributed by atoms with E-state index in [1.54, 1.807) is 0 Å². The molecule has 2 aliphatic rings. The van der Waals surface area contributed by atoms with Crippen LogP contribution in [-0.4, -0.2) is 38.8 Å². The first-order valence-electron chi connectivity index (χ1n) is 7.70. The lowest BCUT2D eigenvalue weighted by molar-refractivity contribution is -0.125. The van der Waals surface area contributed by atoms with Crippen LogP contribution < -0.4 is 20.1 Å². The average Bonchev–Trinajstić information content (AvgIpc) is 2.55. The van der Waals surface area contributed by atoms with Crippen LogP contribution in [0.15, 0.2) is 18.2 Å². The Kier molecular flexibility index (Phi) is 6.34. The molecule has 0 aromatic heterocycles. The molecular weight excluding hydrogens is 304 g/mol. The molecule has 2 N–H and O–H groups in total. The summed E-state index contributed by atoms with van der Waals surface area (Å²) in [5, 5.41) is 6.32. The smallest absolute Gasteiger partial charge is 0.223 e. The maximum atomic E-state index is 12.0. The van der Waals surface area contributed by atoms with Crippen molar-refractivity contribution in [2.75, 3.05) is 32.8 Å². The van der Waals surface area contributed by atoms with Crippen molar-refractivity contribution in [2.24, 2.45) is 5.92 Å². The number of amides is 1. The van der Waals surface area contributed by atoms with E-state index in [9.17, 15) is 4.79 Å². The Labute approximate surface area is 137 Å². The Morgan fingerprint density at radius 1 is 1.18 bits per heavy atom. The van der Waals surface area contributed by atoms with E-state index in [4.69, 9.17) is 9.47 Å². The van der Waals surface area contributed by atoms with Gasteiger partial charge in [-0.3, -0.25) is 4.79 Å². The van der Waals surface area contributed by atoms with Gasteiger partial charge in [0.1, 0.15) is 13.2 Å². The number of benzene rings is 1. The van der Waals surface area contributed by atoms with Gasteiger partial charge >= 0.3 is 0 Å². The summed E-state index contributed by atoms with van der Waals surface area (Å²) in [5.41, 5.74) is 1.16. The molecule has 0 unspecified atom stereocenters. The summed E-state index contributed by atoms with van der Waals surface area (Å²) in [7, 11) is 0. The van der Waals surface area contributed by atoms with Crippen molar-refractivity contribution in [2.45, 2.75) is 19.3 Å². The maximum absolute atomic E-state index is 12.0. The topological polar surface area (TPSA) is 59.6 Å². The molecule has 1 amide bonds. The Morgan fingerprint density at radius 3 is 2.68 bits per heavy atom. The molecule has 0 saturated carbocycles. The van der Waals surface area contributed by atoms with Crippen LogP contribution >= 0.6 is 12.4 Å². The fraction of sp³-hybridized carbons (Fsp3) is 0.562. The van der Waals surface area contributed by atoms with Crippen LogP contribution in [0.3, 0.4) is 0 Å². The van der Waals surface area contributed by atoms with E-state index in [1.165, 1.54) is 0 Å². The first kappa shape index (κ1) is 16.9. The van der Waals surface area contributed by atoms with Crippen molar-refractivity contribution in [3.63, 3.8) is 0 Å². The van der Waals surface area contributed by atoms with Crippen LogP contribution in [0.5, 0.6) is 11.5 Å². The standard InChI is InChI=1S/C16H22N2O3.ClH/c19-16(13-4-6-17-7-5-13)18-8-3-12-1-2-14-15(11-12)21-10-9-20-14;/h1-2,11,13,17H,3-10H2,(H,18,19);1H. The van der Waals surface area contributed by atoms with E-state index >= 15 is 0 Å². The number of nitrogens with one attached hydrogen (secondary N) is 2. The highest BCUT2D eigenvalue weighted by Gasteiger charge is 2.20. The highest BCUT2D eigenvalue weighted by Crippen LogP contribution is 2.30. The summed E-state index contributed by atoms with van der Waals surface area (Å²) in [6.45, 7) is 3.77. The molecule has 6 heteroatoms. The lowest BCUT2D eigenvalue weighted by Gasteiger charge is -2.22. The number of fused-ring (bicyclic) bond motifs is 1. The van der Waals surface area contributed by atoms with Crippen LogP contribution in [0.2, 0.25) is 0 Å². The van der Waals surface area contributed by atoms with Crippen molar-refractivity contribution in [1.29, 1.82) is 0 Å². The Morgan fingerprint density at radius 2 is 1.91 bits per heavy atom. The molecule has 0 bridgehead atoms. The van der Waals surface area contributed by atoms with Crippen LogP contribution in [0, 0.1) is 5.92 Å². The predicted molar refractivity (Wildman–Crippen MR) is 87.0 cm³/mol. The largest absolute Gasteiger partial charge is 0.486 e. The van der Waals surface area contributed by atoms with Crippen molar-refractivity contribution >= 4 is 18.3 Å². The van der Waals surface area contributed by atoms with Gasteiger partial charge in [-0.2, -0.15) is 0 Å². The van der Waals surface area contributed by atoms with Gasteiger partial charge in [-0.25, -0.2) is 0 Å². The molecule has 0 spiro atoms. The number of piperidine rings is 1. The van der Waals surface area contributed by atoms with E-state index in [1.807, 2.05) is 18.2 Å². The Hall–Kier alpha value is -1.46. The number of carbonyl (C=O) groups excluding carboxylic acids is 1. The second kappa shape index (κ2) is 8.25. The number of halogens is 1. The summed E-state index contributed by atoms with van der Waals surface area (Å²) in [6.07, 6.45) is 2.69. The van der Waals surface area contributed by atoms with Gasteiger partial charge in [-0.05, 0) is 50.0 Å². The third-order valence-electron chi connectivity index (χ3n) is 4.03. The number of carbonyl (C=O) groups is 1. The summed E-state index contributed by atoms with van der Waals surface area (Å²) in [4.78, 5) is 12.0. The number of ether oxygens (including phenoxy) is 2. The first-order chi connectivity index (χ1) is 10.3. The average molecular weight is 327 g/mol. The number of hydrogen-bond donors (Lipinski definition) is 2. The van der Waals surface area contributed by atoms with Gasteiger partial charge in [0.15, 0.2) is 11.5 Å². The minimum Gasteiger partial charge on any atom is -0.486 e. The number of rotatable bonds is 4. The molecule has 22 heavy (non-hydrogen) atoms. The zero-order chi connectivity index (χ0) is 14.5. The molecule has 2 heterocycles. The molecule has 0 radical (unpaired) electrons. The molecule has 0 atom stereocenters. The van der Waals surface area contributed by atoms with Crippen LogP contribution in [-0.2, 0) is 11.2 Å². The molecule has 1 aromatic rings. The molecule has 3 rings (SSSR count). The van der Waals surface area contributed by atoms with Gasteiger partial charge < -0.3 is 20.1 Å². The zero-order valence-electron chi connectivity index (χ0n) is 12.6. The number of hydrogen-bond acceptors (Lipinski definition) is 4. The van der Waals surface area contributed by atoms with Crippen molar-refractivity contribution in [1.82, 2.24) is 10.6 Å². The highest BCUT2D eigenvalue weighted by atomic mass is 35.5. The zero-order valence-corrected chi connectivity index (χ0v) is 13.4. The fourth-order valence-corrected chi connectivity index (χ4v) is 2.80. The first-order valence-corrected chi connectivity index (χ1v) is 7.70. The van der Waals surface area contributed by atoms with Gasteiger partial charge in [-0.15, -0.1) is 12.4 Å². The SMILES string of the molecule is Cl.O=C(NCCc1ccc2c(c1)OCCO2)C1CCNCC1. The van der Waals surface area contributed by atoms with Crippen molar-refractivity contribution < 1.29 is 14.3 Å². The van der Waals surface area contributed by atoms with Crippen molar-refractivity contribution in [3.05, 3.63) is 23.8 Å². The van der Waals surface area contributed by atoms with Gasteiger partial charge in [0.2, 0.25) is 5.91 Å². The normalized spacial score (nSPS) is 17.5. The van der Waals surface area contributed by atoms with E-state index in [0.717, 1.165) is 49.4 Å². The maximum Gasteiger partial charge on any atom is 0.223 e. The summed E-state index contributed by atoms with van der Waals surface area (Å²) in [5.74, 6) is 1.98. The third kappa shape index (κ3) is 4.27. The molecule has 1 aromatic carbocycles. The Balaban J connectivity index is 0.00000176. The van der Waals surface area contributed by atoms with E-state index in [-0.39, 0.29) is 24.2 Å². The second-order valence-electron chi connectivity index (χ2n) is 5.54. The molecule has 1 saturated heterocycles. The van der Waals surface area contributed by atoms with Gasteiger partial charge in [-0.1, -0.05) is 6.07 Å². The van der Waals surface area contributed by atoms with E-state index < -0.39 is 0 Å². The fourth-order valence-electron chi connectivity index (χ4n) is 2.80. The Bertz CT molecular complexity index is 504. The van der Waals surface area contributed by atoms with Gasteiger partial charge in [0, 0.05) is 12.5 Å². The minimum atomic E-state index is 0. The summed E-state index contributed by atoms with van der Waals surface area (Å²) in [6, 6.07) is 5.98. The molecule has 122 valence electrons. The monoisotopic (exact) mass is 326 g/mol.